The molecule has 0 radical (unpaired) electrons. The maximum absolute atomic E-state index is 14.0. The van der Waals surface area contributed by atoms with E-state index in [0.717, 1.165) is 6.08 Å². The molecule has 0 saturated carbocycles. The van der Waals surface area contributed by atoms with Gasteiger partial charge in [0.25, 0.3) is 5.79 Å². The Labute approximate surface area is 102 Å². The molecule has 0 amide bonds. The van der Waals surface area contributed by atoms with Gasteiger partial charge in [-0.1, -0.05) is 10.6 Å². The second kappa shape index (κ2) is 3.58. The lowest BCUT2D eigenvalue weighted by atomic mass is 10.0. The highest BCUT2D eigenvalue weighted by atomic mass is 35.7. The van der Waals surface area contributed by atoms with E-state index >= 15 is 0 Å². The highest BCUT2D eigenvalue weighted by Gasteiger charge is 2.76. The molecule has 1 aliphatic carbocycles. The SMILES string of the molecule is O=S(=O)(Cl)C1(F)N(F)C2=CC=CC(F)C2(F)N1F. The van der Waals surface area contributed by atoms with Crippen molar-refractivity contribution in [3.05, 3.63) is 23.9 Å². The molecule has 2 aliphatic rings. The molecule has 0 aromatic carbocycles. The fraction of sp³-hybridized carbons (Fsp3) is 0.429. The van der Waals surface area contributed by atoms with Crippen LogP contribution in [0.3, 0.4) is 0 Å². The van der Waals surface area contributed by atoms with Gasteiger partial charge in [-0.2, -0.15) is 4.39 Å². The van der Waals surface area contributed by atoms with Gasteiger partial charge in [-0.05, 0) is 17.3 Å². The lowest BCUT2D eigenvalue weighted by Crippen LogP contribution is -2.53. The first-order chi connectivity index (χ1) is 8.08. The van der Waals surface area contributed by atoms with Crippen LogP contribution in [0.1, 0.15) is 0 Å². The van der Waals surface area contributed by atoms with Crippen molar-refractivity contribution in [1.29, 1.82) is 0 Å². The quantitative estimate of drug-likeness (QED) is 0.321. The van der Waals surface area contributed by atoms with Gasteiger partial charge in [0.1, 0.15) is 5.70 Å². The number of hydrogen-bond acceptors (Lipinski definition) is 4. The van der Waals surface area contributed by atoms with Crippen molar-refractivity contribution >= 4 is 19.7 Å². The molecule has 1 aliphatic heterocycles. The van der Waals surface area contributed by atoms with E-state index < -0.39 is 42.2 Å². The Morgan fingerprint density at radius 3 is 2.33 bits per heavy atom. The van der Waals surface area contributed by atoms with E-state index in [0.29, 0.717) is 12.2 Å². The minimum absolute atomic E-state index is 0.469. The van der Waals surface area contributed by atoms with Crippen molar-refractivity contribution < 1.29 is 30.6 Å². The maximum atomic E-state index is 14.0. The molecule has 0 N–H and O–H groups in total. The van der Waals surface area contributed by atoms with Gasteiger partial charge in [0, 0.05) is 10.7 Å². The van der Waals surface area contributed by atoms with Crippen molar-refractivity contribution in [3.8, 4) is 0 Å². The Morgan fingerprint density at radius 2 is 1.89 bits per heavy atom. The standard InChI is InChI=1S/C7H4ClF5N2O2S/c8-18(16,17)7(11)14(12)5-3-1-2-4(9)6(5,10)15(7)13/h1-4H. The topological polar surface area (TPSA) is 40.6 Å². The van der Waals surface area contributed by atoms with E-state index in [4.69, 9.17) is 0 Å². The van der Waals surface area contributed by atoms with Crippen molar-refractivity contribution in [1.82, 2.24) is 10.2 Å². The third kappa shape index (κ3) is 1.30. The highest BCUT2D eigenvalue weighted by Crippen LogP contribution is 2.54. The van der Waals surface area contributed by atoms with Crippen LogP contribution >= 0.6 is 10.7 Å². The first kappa shape index (κ1) is 13.6. The number of hydrogen-bond donors (Lipinski definition) is 0. The van der Waals surface area contributed by atoms with Crippen LogP contribution in [-0.2, 0) is 9.05 Å². The summed E-state index contributed by atoms with van der Waals surface area (Å²) in [5.41, 5.74) is -1.48. The summed E-state index contributed by atoms with van der Waals surface area (Å²) in [4.78, 5) is 0. The minimum atomic E-state index is -5.59. The molecule has 0 aromatic rings. The molecule has 1 saturated heterocycles. The zero-order valence-corrected chi connectivity index (χ0v) is 9.77. The number of fused-ring (bicyclic) bond motifs is 1. The van der Waals surface area contributed by atoms with Crippen molar-refractivity contribution in [2.24, 2.45) is 0 Å². The van der Waals surface area contributed by atoms with Crippen LogP contribution in [0.2, 0.25) is 0 Å². The van der Waals surface area contributed by atoms with Crippen LogP contribution in [0.25, 0.3) is 0 Å². The second-order valence-electron chi connectivity index (χ2n) is 3.54. The maximum Gasteiger partial charge on any atom is 0.412 e. The van der Waals surface area contributed by atoms with E-state index in [1.165, 1.54) is 0 Å². The average molecular weight is 311 g/mol. The Hall–Kier alpha value is -0.870. The molecule has 1 fully saturated rings. The molecule has 0 bridgehead atoms. The summed E-state index contributed by atoms with van der Waals surface area (Å²) in [6.45, 7) is 0. The van der Waals surface area contributed by atoms with Gasteiger partial charge < -0.3 is 0 Å². The predicted octanol–water partition coefficient (Wildman–Crippen LogP) is 1.98. The Bertz CT molecular complexity index is 554. The normalized spacial score (nSPS) is 40.9. The van der Waals surface area contributed by atoms with Gasteiger partial charge in [-0.25, -0.2) is 17.2 Å². The van der Waals surface area contributed by atoms with Crippen LogP contribution in [0.15, 0.2) is 23.9 Å². The van der Waals surface area contributed by atoms with E-state index in [1.807, 2.05) is 0 Å². The summed E-state index contributed by atoms with van der Waals surface area (Å²) in [5, 5.41) is -7.81. The highest BCUT2D eigenvalue weighted by molar-refractivity contribution is 8.14. The molecule has 1 heterocycles. The van der Waals surface area contributed by atoms with Gasteiger partial charge in [-0.3, -0.25) is 0 Å². The van der Waals surface area contributed by atoms with Crippen LogP contribution in [0, 0.1) is 0 Å². The molecule has 0 spiro atoms. The van der Waals surface area contributed by atoms with Gasteiger partial charge in [0.2, 0.25) is 0 Å². The fourth-order valence-corrected chi connectivity index (χ4v) is 2.64. The van der Waals surface area contributed by atoms with Crippen molar-refractivity contribution in [2.75, 3.05) is 0 Å². The zero-order valence-electron chi connectivity index (χ0n) is 8.20. The second-order valence-corrected chi connectivity index (χ2v) is 6.15. The van der Waals surface area contributed by atoms with Crippen molar-refractivity contribution in [2.45, 2.75) is 17.2 Å². The summed E-state index contributed by atoms with van der Waals surface area (Å²) in [6, 6.07) is 0. The lowest BCUT2D eigenvalue weighted by Gasteiger charge is -2.28. The molecule has 102 valence electrons. The summed E-state index contributed by atoms with van der Waals surface area (Å²) in [7, 11) is -1.05. The summed E-state index contributed by atoms with van der Waals surface area (Å²) < 4.78 is 89.9. The molecular formula is C7H4ClF5N2O2S. The summed E-state index contributed by atoms with van der Waals surface area (Å²) >= 11 is 0. The predicted molar refractivity (Wildman–Crippen MR) is 50.5 cm³/mol. The third-order valence-corrected chi connectivity index (χ3v) is 4.08. The smallest absolute Gasteiger partial charge is 0.237 e. The van der Waals surface area contributed by atoms with E-state index in [1.54, 1.807) is 0 Å². The third-order valence-electron chi connectivity index (χ3n) is 2.55. The van der Waals surface area contributed by atoms with Crippen LogP contribution in [0.5, 0.6) is 0 Å². The van der Waals surface area contributed by atoms with E-state index in [9.17, 15) is 30.6 Å². The van der Waals surface area contributed by atoms with Gasteiger partial charge >= 0.3 is 14.3 Å². The first-order valence-corrected chi connectivity index (χ1v) is 6.66. The molecular weight excluding hydrogens is 307 g/mol. The molecule has 11 heteroatoms. The van der Waals surface area contributed by atoms with E-state index in [2.05, 4.69) is 10.7 Å². The number of halogens is 6. The minimum Gasteiger partial charge on any atom is -0.237 e. The number of alkyl halides is 3. The Balaban J connectivity index is 2.68. The van der Waals surface area contributed by atoms with E-state index in [-0.39, 0.29) is 0 Å². The number of rotatable bonds is 1. The van der Waals surface area contributed by atoms with Gasteiger partial charge in [-0.15, -0.1) is 9.60 Å². The molecule has 2 rings (SSSR count). The largest absolute Gasteiger partial charge is 0.412 e. The molecule has 18 heavy (non-hydrogen) atoms. The van der Waals surface area contributed by atoms with Gasteiger partial charge in [0.15, 0.2) is 6.17 Å². The molecule has 4 nitrogen and oxygen atoms in total. The number of nitrogens with zero attached hydrogens (tertiary/aromatic N) is 2. The summed E-state index contributed by atoms with van der Waals surface area (Å²) in [6.07, 6.45) is -1.07. The van der Waals surface area contributed by atoms with Crippen LogP contribution in [0.4, 0.5) is 22.1 Å². The fourth-order valence-electron chi connectivity index (χ4n) is 1.66. The first-order valence-electron chi connectivity index (χ1n) is 4.35. The molecule has 0 aromatic heterocycles. The number of allylic oxidation sites excluding steroid dienone is 2. The van der Waals surface area contributed by atoms with Gasteiger partial charge in [0.05, 0.1) is 0 Å². The molecule has 3 unspecified atom stereocenters. The monoisotopic (exact) mass is 310 g/mol. The average Bonchev–Trinajstić information content (AvgIpc) is 2.42. The Morgan fingerprint density at radius 1 is 1.33 bits per heavy atom. The lowest BCUT2D eigenvalue weighted by molar-refractivity contribution is -0.239. The zero-order chi connectivity index (χ0) is 13.9. The Kier molecular flexibility index (Phi) is 2.69. The summed E-state index contributed by atoms with van der Waals surface area (Å²) in [5.74, 6) is -3.94. The van der Waals surface area contributed by atoms with Crippen molar-refractivity contribution in [3.63, 3.8) is 0 Å². The van der Waals surface area contributed by atoms with Crippen LogP contribution in [-0.4, -0.2) is 35.9 Å². The molecule has 3 atom stereocenters. The van der Waals surface area contributed by atoms with Crippen LogP contribution < -0.4 is 0 Å².